The van der Waals surface area contributed by atoms with Crippen LogP contribution in [0.25, 0.3) is 6.08 Å². The van der Waals surface area contributed by atoms with Crippen LogP contribution < -0.4 is 9.47 Å². The fourth-order valence-corrected chi connectivity index (χ4v) is 1.89. The van der Waals surface area contributed by atoms with Gasteiger partial charge in [0.25, 0.3) is 0 Å². The van der Waals surface area contributed by atoms with E-state index in [1.165, 1.54) is 32.4 Å². The number of aromatic hydroxyl groups is 1. The number of phenols is 1. The number of hydrogen-bond donors (Lipinski definition) is 2. The molecule has 2 aromatic rings. The smallest absolute Gasteiger partial charge is 0.193 e. The summed E-state index contributed by atoms with van der Waals surface area (Å²) >= 11 is 0. The van der Waals surface area contributed by atoms with Gasteiger partial charge in [-0.2, -0.15) is 0 Å². The molecule has 6 heteroatoms. The summed E-state index contributed by atoms with van der Waals surface area (Å²) in [6.07, 6.45) is 4.74. The molecule has 0 saturated carbocycles. The number of ether oxygens (including phenoxy) is 3. The first kappa shape index (κ1) is 15.7. The number of aromatic amines is 1. The molecule has 0 aliphatic carbocycles. The van der Waals surface area contributed by atoms with Crippen LogP contribution in [0.4, 0.5) is 0 Å². The van der Waals surface area contributed by atoms with E-state index in [0.717, 1.165) is 5.69 Å². The largest absolute Gasteiger partial charge is 0.507 e. The maximum absolute atomic E-state index is 12.3. The Balaban J connectivity index is 2.27. The Kier molecular flexibility index (Phi) is 5.21. The third-order valence-electron chi connectivity index (χ3n) is 2.90. The van der Waals surface area contributed by atoms with Crippen LogP contribution >= 0.6 is 0 Å². The molecule has 0 atom stereocenters. The standard InChI is InChI=1S/C16H17NO5/c1-20-10-22-12-8-14(19)16(15(9-12)21-2)13(18)6-5-11-4-3-7-17-11/h3-9,17,19H,10H2,1-2H3. The number of ketones is 1. The van der Waals surface area contributed by atoms with Crippen molar-refractivity contribution >= 4 is 11.9 Å². The predicted octanol–water partition coefficient (Wildman–Crippen LogP) is 2.61. The van der Waals surface area contributed by atoms with E-state index < -0.39 is 0 Å². The molecule has 1 aromatic carbocycles. The molecule has 2 N–H and O–H groups in total. The maximum Gasteiger partial charge on any atom is 0.193 e. The summed E-state index contributed by atoms with van der Waals surface area (Å²) < 4.78 is 15.2. The number of aromatic nitrogens is 1. The summed E-state index contributed by atoms with van der Waals surface area (Å²) in [5.41, 5.74) is 0.863. The molecule has 1 aromatic heterocycles. The summed E-state index contributed by atoms with van der Waals surface area (Å²) in [4.78, 5) is 15.2. The zero-order valence-corrected chi connectivity index (χ0v) is 12.3. The number of carbonyl (C=O) groups excluding carboxylic acids is 1. The van der Waals surface area contributed by atoms with Crippen LogP contribution in [-0.4, -0.2) is 36.9 Å². The average Bonchev–Trinajstić information content (AvgIpc) is 3.03. The summed E-state index contributed by atoms with van der Waals surface area (Å²) in [5.74, 6) is -0.0119. The van der Waals surface area contributed by atoms with Crippen LogP contribution in [0, 0.1) is 0 Å². The fourth-order valence-electron chi connectivity index (χ4n) is 1.89. The van der Waals surface area contributed by atoms with Crippen LogP contribution in [0.3, 0.4) is 0 Å². The van der Waals surface area contributed by atoms with Gasteiger partial charge in [0.05, 0.1) is 7.11 Å². The number of H-pyrrole nitrogens is 1. The topological polar surface area (TPSA) is 80.8 Å². The minimum Gasteiger partial charge on any atom is -0.507 e. The molecule has 0 radical (unpaired) electrons. The van der Waals surface area contributed by atoms with Gasteiger partial charge in [-0.15, -0.1) is 0 Å². The predicted molar refractivity (Wildman–Crippen MR) is 81.3 cm³/mol. The van der Waals surface area contributed by atoms with E-state index in [1.54, 1.807) is 12.3 Å². The van der Waals surface area contributed by atoms with Crippen molar-refractivity contribution in [3.05, 3.63) is 47.8 Å². The van der Waals surface area contributed by atoms with Crippen molar-refractivity contribution in [1.29, 1.82) is 0 Å². The number of hydrogen-bond acceptors (Lipinski definition) is 5. The van der Waals surface area contributed by atoms with E-state index in [-0.39, 0.29) is 29.6 Å². The molecule has 0 aliphatic rings. The monoisotopic (exact) mass is 303 g/mol. The molecule has 2 rings (SSSR count). The Hall–Kier alpha value is -2.73. The summed E-state index contributed by atoms with van der Waals surface area (Å²) in [5, 5.41) is 10.1. The van der Waals surface area contributed by atoms with Crippen molar-refractivity contribution in [3.63, 3.8) is 0 Å². The molecule has 0 saturated heterocycles. The van der Waals surface area contributed by atoms with Gasteiger partial charge in [0, 0.05) is 31.1 Å². The molecule has 116 valence electrons. The lowest BCUT2D eigenvalue weighted by Gasteiger charge is -2.11. The number of carbonyl (C=O) groups is 1. The molecule has 0 amide bonds. The van der Waals surface area contributed by atoms with Crippen molar-refractivity contribution in [2.24, 2.45) is 0 Å². The molecule has 0 fully saturated rings. The highest BCUT2D eigenvalue weighted by Gasteiger charge is 2.17. The van der Waals surface area contributed by atoms with Crippen LogP contribution in [-0.2, 0) is 4.74 Å². The first-order chi connectivity index (χ1) is 10.7. The van der Waals surface area contributed by atoms with E-state index in [4.69, 9.17) is 14.2 Å². The molecule has 22 heavy (non-hydrogen) atoms. The molecule has 0 spiro atoms. The van der Waals surface area contributed by atoms with Gasteiger partial charge in [-0.1, -0.05) is 0 Å². The molecule has 6 nitrogen and oxygen atoms in total. The lowest BCUT2D eigenvalue weighted by atomic mass is 10.1. The van der Waals surface area contributed by atoms with E-state index in [2.05, 4.69) is 4.98 Å². The third kappa shape index (κ3) is 3.67. The number of benzene rings is 1. The Bertz CT molecular complexity index is 661. The Morgan fingerprint density at radius 2 is 2.18 bits per heavy atom. The number of phenolic OH excluding ortho intramolecular Hbond substituents is 1. The van der Waals surface area contributed by atoms with Gasteiger partial charge in [0.2, 0.25) is 0 Å². The second kappa shape index (κ2) is 7.33. The highest BCUT2D eigenvalue weighted by atomic mass is 16.7. The first-order valence-electron chi connectivity index (χ1n) is 6.54. The number of rotatable bonds is 7. The van der Waals surface area contributed by atoms with Crippen molar-refractivity contribution in [2.75, 3.05) is 21.0 Å². The van der Waals surface area contributed by atoms with Crippen LogP contribution in [0.15, 0.2) is 36.5 Å². The summed E-state index contributed by atoms with van der Waals surface area (Å²) in [7, 11) is 2.90. The molecule has 1 heterocycles. The third-order valence-corrected chi connectivity index (χ3v) is 2.90. The van der Waals surface area contributed by atoms with Gasteiger partial charge in [0.15, 0.2) is 12.6 Å². The lowest BCUT2D eigenvalue weighted by Crippen LogP contribution is -2.03. The van der Waals surface area contributed by atoms with Crippen molar-refractivity contribution < 1.29 is 24.1 Å². The molecule has 0 bridgehead atoms. The average molecular weight is 303 g/mol. The second-order valence-electron chi connectivity index (χ2n) is 4.39. The maximum atomic E-state index is 12.3. The number of nitrogens with one attached hydrogen (secondary N) is 1. The van der Waals surface area contributed by atoms with Crippen molar-refractivity contribution in [3.8, 4) is 17.2 Å². The second-order valence-corrected chi connectivity index (χ2v) is 4.39. The Morgan fingerprint density at radius 1 is 1.36 bits per heavy atom. The van der Waals surface area contributed by atoms with Crippen molar-refractivity contribution in [1.82, 2.24) is 4.98 Å². The minimum absolute atomic E-state index is 0.0304. The van der Waals surface area contributed by atoms with E-state index in [0.29, 0.717) is 5.75 Å². The van der Waals surface area contributed by atoms with Crippen molar-refractivity contribution in [2.45, 2.75) is 0 Å². The molecular weight excluding hydrogens is 286 g/mol. The fraction of sp³-hybridized carbons (Fsp3) is 0.188. The van der Waals surface area contributed by atoms with E-state index >= 15 is 0 Å². The van der Waals surface area contributed by atoms with E-state index in [1.807, 2.05) is 12.1 Å². The van der Waals surface area contributed by atoms with Gasteiger partial charge in [0.1, 0.15) is 22.8 Å². The first-order valence-corrected chi connectivity index (χ1v) is 6.54. The lowest BCUT2D eigenvalue weighted by molar-refractivity contribution is 0.0508. The summed E-state index contributed by atoms with van der Waals surface area (Å²) in [6, 6.07) is 6.51. The zero-order chi connectivity index (χ0) is 15.9. The number of allylic oxidation sites excluding steroid dienone is 1. The van der Waals surface area contributed by atoms with Gasteiger partial charge in [-0.3, -0.25) is 4.79 Å². The normalized spacial score (nSPS) is 10.8. The number of methoxy groups -OCH3 is 2. The van der Waals surface area contributed by atoms with Crippen LogP contribution in [0.2, 0.25) is 0 Å². The van der Waals surface area contributed by atoms with Crippen LogP contribution in [0.5, 0.6) is 17.2 Å². The summed E-state index contributed by atoms with van der Waals surface area (Å²) in [6.45, 7) is 0.0304. The molecule has 0 unspecified atom stereocenters. The quantitative estimate of drug-likeness (QED) is 0.467. The van der Waals surface area contributed by atoms with Gasteiger partial charge < -0.3 is 24.3 Å². The minimum atomic E-state index is -0.373. The Morgan fingerprint density at radius 3 is 2.82 bits per heavy atom. The molecule has 0 aliphatic heterocycles. The highest BCUT2D eigenvalue weighted by Crippen LogP contribution is 2.34. The van der Waals surface area contributed by atoms with Gasteiger partial charge >= 0.3 is 0 Å². The van der Waals surface area contributed by atoms with Gasteiger partial charge in [-0.05, 0) is 24.3 Å². The van der Waals surface area contributed by atoms with Crippen LogP contribution in [0.1, 0.15) is 16.1 Å². The highest BCUT2D eigenvalue weighted by molar-refractivity contribution is 6.10. The van der Waals surface area contributed by atoms with Gasteiger partial charge in [-0.25, -0.2) is 0 Å². The molecular formula is C16H17NO5. The SMILES string of the molecule is COCOc1cc(O)c(C(=O)C=Cc2ccc[nH]2)c(OC)c1. The zero-order valence-electron chi connectivity index (χ0n) is 12.3. The Labute approximate surface area is 127 Å². The van der Waals surface area contributed by atoms with E-state index in [9.17, 15) is 9.90 Å².